The molecule has 0 unspecified atom stereocenters. The predicted octanol–water partition coefficient (Wildman–Crippen LogP) is 2.20. The highest BCUT2D eigenvalue weighted by Gasteiger charge is 2.52. The van der Waals surface area contributed by atoms with Crippen molar-refractivity contribution in [2.45, 2.75) is 42.6 Å². The lowest BCUT2D eigenvalue weighted by Crippen LogP contribution is -2.50. The van der Waals surface area contributed by atoms with Crippen LogP contribution in [0.25, 0.3) is 0 Å². The van der Waals surface area contributed by atoms with Crippen molar-refractivity contribution in [3.63, 3.8) is 0 Å². The van der Waals surface area contributed by atoms with Gasteiger partial charge >= 0.3 is 0 Å². The molecule has 0 spiro atoms. The smallest absolute Gasteiger partial charge is 0.0468 e. The molecule has 0 aromatic carbocycles. The van der Waals surface area contributed by atoms with E-state index in [4.69, 9.17) is 0 Å². The molecule has 0 amide bonds. The van der Waals surface area contributed by atoms with Crippen LogP contribution in [0.15, 0.2) is 0 Å². The third-order valence-electron chi connectivity index (χ3n) is 4.10. The summed E-state index contributed by atoms with van der Waals surface area (Å²) in [6.07, 6.45) is 10.6. The molecule has 2 aliphatic heterocycles. The quantitative estimate of drug-likeness (QED) is 0.488. The van der Waals surface area contributed by atoms with Gasteiger partial charge in [0.2, 0.25) is 0 Å². The second-order valence-corrected chi connectivity index (χ2v) is 7.31. The minimum absolute atomic E-state index is 0.824. The molecule has 0 N–H and O–H groups in total. The van der Waals surface area contributed by atoms with Gasteiger partial charge in [0, 0.05) is 0 Å². The molecule has 2 saturated heterocycles. The maximum atomic E-state index is 2.53. The Hall–Kier alpha value is 0.350. The van der Waals surface area contributed by atoms with Crippen LogP contribution >= 0.6 is 0 Å². The maximum Gasteiger partial charge on any atom is 0.118 e. The molecule has 4 rings (SSSR count). The molecular weight excluding hydrogens is 152 g/mol. The van der Waals surface area contributed by atoms with Gasteiger partial charge < -0.3 is 0 Å². The van der Waals surface area contributed by atoms with E-state index in [9.17, 15) is 0 Å². The summed E-state index contributed by atoms with van der Waals surface area (Å²) >= 11 is 0. The number of rotatable bonds is 0. The van der Waals surface area contributed by atoms with Crippen LogP contribution in [0.1, 0.15) is 32.1 Å². The molecule has 2 saturated carbocycles. The molecule has 11 heavy (non-hydrogen) atoms. The van der Waals surface area contributed by atoms with E-state index in [1.54, 1.807) is 32.1 Å². The minimum atomic E-state index is 0.824. The van der Waals surface area contributed by atoms with Crippen LogP contribution in [-0.2, 0) is 10.9 Å². The number of hydrogen-bond acceptors (Lipinski definition) is 0. The lowest BCUT2D eigenvalue weighted by Gasteiger charge is -2.47. The van der Waals surface area contributed by atoms with Crippen molar-refractivity contribution >= 4 is 10.9 Å². The Bertz CT molecular complexity index is 148. The van der Waals surface area contributed by atoms with E-state index in [-0.39, 0.29) is 0 Å². The highest BCUT2D eigenvalue weighted by molar-refractivity contribution is 7.97. The number of hydrogen-bond donors (Lipinski definition) is 0. The van der Waals surface area contributed by atoms with E-state index in [0.29, 0.717) is 0 Å². The molecule has 4 bridgehead atoms. The third kappa shape index (κ3) is 0.898. The predicted molar refractivity (Wildman–Crippen MR) is 50.9 cm³/mol. The highest BCUT2D eigenvalue weighted by Crippen LogP contribution is 2.50. The summed E-state index contributed by atoms with van der Waals surface area (Å²) in [5.74, 6) is 2.34. The molecule has 4 fully saturated rings. The zero-order valence-corrected chi connectivity index (χ0v) is 8.07. The first-order valence-corrected chi connectivity index (χ1v) is 6.72. The van der Waals surface area contributed by atoms with E-state index in [1.165, 1.54) is 22.3 Å². The average Bonchev–Trinajstić information content (AvgIpc) is 1.98. The fourth-order valence-corrected chi connectivity index (χ4v) is 6.45. The SMILES string of the molecule is C[S+]1C2CC3CC(C2)CC1C3. The first-order chi connectivity index (χ1) is 5.33. The maximum absolute atomic E-state index is 2.53. The van der Waals surface area contributed by atoms with Gasteiger partial charge in [-0.2, -0.15) is 0 Å². The molecule has 62 valence electrons. The lowest BCUT2D eigenvalue weighted by atomic mass is 9.71. The Kier molecular flexibility index (Phi) is 1.36. The monoisotopic (exact) mass is 169 g/mol. The topological polar surface area (TPSA) is 0 Å². The molecule has 0 aromatic heterocycles. The molecular formula is C10H17S+. The van der Waals surface area contributed by atoms with Crippen LogP contribution in [0, 0.1) is 11.8 Å². The van der Waals surface area contributed by atoms with Crippen LogP contribution in [0.5, 0.6) is 0 Å². The van der Waals surface area contributed by atoms with Gasteiger partial charge in [0.25, 0.3) is 0 Å². The van der Waals surface area contributed by atoms with Gasteiger partial charge in [-0.05, 0) is 54.8 Å². The molecule has 0 atom stereocenters. The fraction of sp³-hybridized carbons (Fsp3) is 1.00. The summed E-state index contributed by atoms with van der Waals surface area (Å²) in [7, 11) is 0.824. The summed E-state index contributed by atoms with van der Waals surface area (Å²) in [6, 6.07) is 0. The minimum Gasteiger partial charge on any atom is -0.0468 e. The molecule has 2 aliphatic carbocycles. The molecule has 0 aromatic rings. The zero-order chi connectivity index (χ0) is 7.42. The van der Waals surface area contributed by atoms with E-state index in [1.807, 2.05) is 0 Å². The van der Waals surface area contributed by atoms with Crippen molar-refractivity contribution in [2.24, 2.45) is 11.8 Å². The Labute approximate surface area is 72.1 Å². The Morgan fingerprint density at radius 2 is 1.27 bits per heavy atom. The first kappa shape index (κ1) is 6.82. The zero-order valence-electron chi connectivity index (χ0n) is 7.25. The summed E-state index contributed by atoms with van der Waals surface area (Å²) in [5.41, 5.74) is 0. The normalized spacial score (nSPS) is 60.3. The van der Waals surface area contributed by atoms with Gasteiger partial charge in [-0.1, -0.05) is 0 Å². The van der Waals surface area contributed by atoms with Crippen molar-refractivity contribution in [3.05, 3.63) is 0 Å². The molecule has 2 heterocycles. The van der Waals surface area contributed by atoms with Crippen LogP contribution in [-0.4, -0.2) is 16.8 Å². The average molecular weight is 169 g/mol. The fourth-order valence-electron chi connectivity index (χ4n) is 3.61. The Morgan fingerprint density at radius 3 is 1.73 bits per heavy atom. The largest absolute Gasteiger partial charge is 0.118 e. The van der Waals surface area contributed by atoms with Crippen molar-refractivity contribution in [1.82, 2.24) is 0 Å². The molecule has 0 radical (unpaired) electrons. The third-order valence-corrected chi connectivity index (χ3v) is 6.98. The van der Waals surface area contributed by atoms with Crippen molar-refractivity contribution < 1.29 is 0 Å². The Morgan fingerprint density at radius 1 is 0.818 bits per heavy atom. The van der Waals surface area contributed by atoms with Gasteiger partial charge in [0.15, 0.2) is 0 Å². The summed E-state index contributed by atoms with van der Waals surface area (Å²) in [6.45, 7) is 0. The van der Waals surface area contributed by atoms with Gasteiger partial charge in [-0.3, -0.25) is 0 Å². The molecule has 1 heteroatoms. The van der Waals surface area contributed by atoms with Crippen LogP contribution in [0.2, 0.25) is 0 Å². The second kappa shape index (κ2) is 2.18. The van der Waals surface area contributed by atoms with Crippen LogP contribution in [0.3, 0.4) is 0 Å². The standard InChI is InChI=1S/C10H17S/c1-11-9-3-7-2-8(5-9)6-10(11)4-7/h7-10H,2-6H2,1H3/q+1. The van der Waals surface area contributed by atoms with Gasteiger partial charge in [0.1, 0.15) is 10.5 Å². The van der Waals surface area contributed by atoms with E-state index in [0.717, 1.165) is 10.9 Å². The van der Waals surface area contributed by atoms with Gasteiger partial charge in [-0.15, -0.1) is 0 Å². The molecule has 0 nitrogen and oxygen atoms in total. The van der Waals surface area contributed by atoms with Crippen molar-refractivity contribution in [2.75, 3.05) is 6.26 Å². The van der Waals surface area contributed by atoms with E-state index < -0.39 is 0 Å². The highest BCUT2D eigenvalue weighted by atomic mass is 32.2. The summed E-state index contributed by atoms with van der Waals surface area (Å²) < 4.78 is 0. The summed E-state index contributed by atoms with van der Waals surface area (Å²) in [5, 5.41) is 2.34. The van der Waals surface area contributed by atoms with E-state index >= 15 is 0 Å². The second-order valence-electron chi connectivity index (χ2n) is 4.76. The van der Waals surface area contributed by atoms with Crippen molar-refractivity contribution in [1.29, 1.82) is 0 Å². The van der Waals surface area contributed by atoms with E-state index in [2.05, 4.69) is 6.26 Å². The van der Waals surface area contributed by atoms with Gasteiger partial charge in [-0.25, -0.2) is 0 Å². The van der Waals surface area contributed by atoms with Crippen LogP contribution < -0.4 is 0 Å². The van der Waals surface area contributed by atoms with Crippen molar-refractivity contribution in [3.8, 4) is 0 Å². The van der Waals surface area contributed by atoms with Gasteiger partial charge in [0.05, 0.1) is 6.26 Å². The Balaban J connectivity index is 1.91. The summed E-state index contributed by atoms with van der Waals surface area (Å²) in [4.78, 5) is 0. The molecule has 4 aliphatic rings. The van der Waals surface area contributed by atoms with Crippen LogP contribution in [0.4, 0.5) is 0 Å². The first-order valence-electron chi connectivity index (χ1n) is 4.96. The lowest BCUT2D eigenvalue weighted by molar-refractivity contribution is 0.181.